The molecule has 7 heteroatoms. The van der Waals surface area contributed by atoms with Crippen molar-refractivity contribution in [2.45, 2.75) is 26.3 Å². The monoisotopic (exact) mass is 305 g/mol. The zero-order valence-electron chi connectivity index (χ0n) is 11.0. The number of benzene rings is 1. The van der Waals surface area contributed by atoms with Crippen LogP contribution in [0.1, 0.15) is 30.6 Å². The van der Waals surface area contributed by atoms with Crippen LogP contribution in [0.15, 0.2) is 12.1 Å². The lowest BCUT2D eigenvalue weighted by molar-refractivity contribution is -0.138. The van der Waals surface area contributed by atoms with Crippen molar-refractivity contribution in [3.63, 3.8) is 0 Å². The summed E-state index contributed by atoms with van der Waals surface area (Å²) < 4.78 is 27.0. The number of carboxylic acids is 1. The third-order valence-electron chi connectivity index (χ3n) is 2.84. The van der Waals surface area contributed by atoms with E-state index in [2.05, 4.69) is 0 Å². The van der Waals surface area contributed by atoms with Crippen molar-refractivity contribution in [3.05, 3.63) is 34.4 Å². The summed E-state index contributed by atoms with van der Waals surface area (Å²) >= 11 is 5.42. The van der Waals surface area contributed by atoms with Crippen LogP contribution in [-0.4, -0.2) is 34.5 Å². The Kier molecular flexibility index (Phi) is 5.44. The maximum absolute atomic E-state index is 13.7. The summed E-state index contributed by atoms with van der Waals surface area (Å²) in [6.07, 6.45) is -0.280. The van der Waals surface area contributed by atoms with E-state index in [0.717, 1.165) is 12.1 Å². The second-order valence-corrected chi connectivity index (χ2v) is 4.69. The molecule has 0 saturated heterocycles. The van der Waals surface area contributed by atoms with E-state index in [1.165, 1.54) is 11.8 Å². The van der Waals surface area contributed by atoms with Crippen LogP contribution in [0.25, 0.3) is 0 Å². The van der Waals surface area contributed by atoms with Crippen molar-refractivity contribution in [1.29, 1.82) is 0 Å². The van der Waals surface area contributed by atoms with Gasteiger partial charge in [-0.1, -0.05) is 11.6 Å². The third kappa shape index (κ3) is 3.66. The minimum absolute atomic E-state index is 0.178. The average Bonchev–Trinajstić information content (AvgIpc) is 2.33. The molecule has 1 aromatic rings. The van der Waals surface area contributed by atoms with Crippen molar-refractivity contribution in [2.24, 2.45) is 0 Å². The average molecular weight is 306 g/mol. The van der Waals surface area contributed by atoms with Gasteiger partial charge in [-0.2, -0.15) is 0 Å². The van der Waals surface area contributed by atoms with Crippen LogP contribution in [0, 0.1) is 11.6 Å². The molecule has 0 aromatic heterocycles. The minimum Gasteiger partial charge on any atom is -0.481 e. The molecular formula is C13H14ClF2NO3. The second kappa shape index (κ2) is 6.65. The number of amides is 1. The molecule has 1 unspecified atom stereocenters. The quantitative estimate of drug-likeness (QED) is 0.851. The van der Waals surface area contributed by atoms with Gasteiger partial charge in [0.15, 0.2) is 0 Å². The fraction of sp³-hybridized carbons (Fsp3) is 0.385. The SMILES string of the molecule is CCN(C(=O)c1cc(F)c(Cl)cc1F)C(C)CC(=O)O. The van der Waals surface area contributed by atoms with Gasteiger partial charge < -0.3 is 10.0 Å². The highest BCUT2D eigenvalue weighted by Crippen LogP contribution is 2.21. The minimum atomic E-state index is -1.08. The van der Waals surface area contributed by atoms with Crippen LogP contribution < -0.4 is 0 Å². The molecular weight excluding hydrogens is 292 g/mol. The van der Waals surface area contributed by atoms with Crippen LogP contribution in [0.4, 0.5) is 8.78 Å². The Hall–Kier alpha value is -1.69. The number of carbonyl (C=O) groups is 2. The summed E-state index contributed by atoms with van der Waals surface area (Å²) in [4.78, 5) is 24.0. The summed E-state index contributed by atoms with van der Waals surface area (Å²) in [6.45, 7) is 3.33. The predicted octanol–water partition coefficient (Wildman–Crippen LogP) is 2.94. The molecule has 4 nitrogen and oxygen atoms in total. The van der Waals surface area contributed by atoms with Gasteiger partial charge in [-0.05, 0) is 26.0 Å². The number of carbonyl (C=O) groups excluding carboxylic acids is 1. The molecule has 0 aliphatic rings. The summed E-state index contributed by atoms with van der Waals surface area (Å²) in [5.74, 6) is -3.69. The molecule has 110 valence electrons. The molecule has 1 rings (SSSR count). The first-order chi connectivity index (χ1) is 9.27. The van der Waals surface area contributed by atoms with Gasteiger partial charge in [0, 0.05) is 12.6 Å². The standard InChI is InChI=1S/C13H14ClF2NO3/c1-3-17(7(2)4-12(18)19)13(20)8-5-11(16)9(14)6-10(8)15/h5-7H,3-4H2,1-2H3,(H,18,19). The Bertz CT molecular complexity index is 537. The normalized spacial score (nSPS) is 12.1. The number of nitrogens with zero attached hydrogens (tertiary/aromatic N) is 1. The highest BCUT2D eigenvalue weighted by atomic mass is 35.5. The van der Waals surface area contributed by atoms with Gasteiger partial charge in [-0.25, -0.2) is 8.78 Å². The van der Waals surface area contributed by atoms with Gasteiger partial charge in [0.2, 0.25) is 0 Å². The zero-order chi connectivity index (χ0) is 15.4. The molecule has 0 aliphatic heterocycles. The highest BCUT2D eigenvalue weighted by molar-refractivity contribution is 6.30. The van der Waals surface area contributed by atoms with Gasteiger partial charge in [-0.3, -0.25) is 9.59 Å². The zero-order valence-corrected chi connectivity index (χ0v) is 11.7. The van der Waals surface area contributed by atoms with E-state index in [1.807, 2.05) is 0 Å². The number of aliphatic carboxylic acids is 1. The first kappa shape index (κ1) is 16.4. The van der Waals surface area contributed by atoms with E-state index in [4.69, 9.17) is 16.7 Å². The van der Waals surface area contributed by atoms with Crippen LogP contribution >= 0.6 is 11.6 Å². The Balaban J connectivity index is 3.08. The van der Waals surface area contributed by atoms with E-state index in [0.29, 0.717) is 0 Å². The van der Waals surface area contributed by atoms with Crippen molar-refractivity contribution in [2.75, 3.05) is 6.54 Å². The molecule has 1 atom stereocenters. The number of hydrogen-bond donors (Lipinski definition) is 1. The maximum atomic E-state index is 13.7. The van der Waals surface area contributed by atoms with Crippen LogP contribution in [0.3, 0.4) is 0 Å². The molecule has 1 aromatic carbocycles. The predicted molar refractivity (Wildman–Crippen MR) is 69.8 cm³/mol. The largest absolute Gasteiger partial charge is 0.481 e. The Morgan fingerprint density at radius 2 is 1.95 bits per heavy atom. The Morgan fingerprint density at radius 1 is 1.35 bits per heavy atom. The van der Waals surface area contributed by atoms with Crippen molar-refractivity contribution < 1.29 is 23.5 Å². The topological polar surface area (TPSA) is 57.6 Å². The maximum Gasteiger partial charge on any atom is 0.305 e. The second-order valence-electron chi connectivity index (χ2n) is 4.28. The first-order valence-corrected chi connectivity index (χ1v) is 6.33. The molecule has 0 spiro atoms. The summed E-state index contributed by atoms with van der Waals surface area (Å²) in [5.41, 5.74) is -0.467. The molecule has 0 aliphatic carbocycles. The lowest BCUT2D eigenvalue weighted by Crippen LogP contribution is -2.40. The lowest BCUT2D eigenvalue weighted by Gasteiger charge is -2.27. The Morgan fingerprint density at radius 3 is 2.45 bits per heavy atom. The van der Waals surface area contributed by atoms with Crippen molar-refractivity contribution in [1.82, 2.24) is 4.90 Å². The fourth-order valence-electron chi connectivity index (χ4n) is 1.86. The molecule has 0 fully saturated rings. The summed E-state index contributed by atoms with van der Waals surface area (Å²) in [5, 5.41) is 8.31. The van der Waals surface area contributed by atoms with E-state index in [9.17, 15) is 18.4 Å². The van der Waals surface area contributed by atoms with E-state index in [1.54, 1.807) is 6.92 Å². The van der Waals surface area contributed by atoms with Crippen LogP contribution in [0.2, 0.25) is 5.02 Å². The third-order valence-corrected chi connectivity index (χ3v) is 3.13. The molecule has 20 heavy (non-hydrogen) atoms. The molecule has 0 saturated carbocycles. The van der Waals surface area contributed by atoms with Gasteiger partial charge in [0.25, 0.3) is 5.91 Å². The van der Waals surface area contributed by atoms with Crippen molar-refractivity contribution in [3.8, 4) is 0 Å². The van der Waals surface area contributed by atoms with E-state index < -0.39 is 40.1 Å². The van der Waals surface area contributed by atoms with Crippen molar-refractivity contribution >= 4 is 23.5 Å². The van der Waals surface area contributed by atoms with Gasteiger partial charge >= 0.3 is 5.97 Å². The smallest absolute Gasteiger partial charge is 0.305 e. The van der Waals surface area contributed by atoms with Crippen LogP contribution in [0.5, 0.6) is 0 Å². The number of carboxylic acid groups (broad SMARTS) is 1. The highest BCUT2D eigenvalue weighted by Gasteiger charge is 2.25. The van der Waals surface area contributed by atoms with E-state index >= 15 is 0 Å². The molecule has 1 amide bonds. The molecule has 0 radical (unpaired) electrons. The van der Waals surface area contributed by atoms with Crippen LogP contribution in [-0.2, 0) is 4.79 Å². The van der Waals surface area contributed by atoms with Gasteiger partial charge in [0.1, 0.15) is 11.6 Å². The first-order valence-electron chi connectivity index (χ1n) is 5.95. The summed E-state index contributed by atoms with van der Waals surface area (Å²) in [6, 6.07) is 0.804. The fourth-order valence-corrected chi connectivity index (χ4v) is 2.01. The number of rotatable bonds is 5. The van der Waals surface area contributed by atoms with Gasteiger partial charge in [0.05, 0.1) is 17.0 Å². The van der Waals surface area contributed by atoms with Gasteiger partial charge in [-0.15, -0.1) is 0 Å². The Labute approximate surface area is 119 Å². The molecule has 0 bridgehead atoms. The molecule has 1 N–H and O–H groups in total. The number of hydrogen-bond acceptors (Lipinski definition) is 2. The van der Waals surface area contributed by atoms with E-state index in [-0.39, 0.29) is 13.0 Å². The summed E-state index contributed by atoms with van der Waals surface area (Å²) in [7, 11) is 0. The number of halogens is 3. The lowest BCUT2D eigenvalue weighted by atomic mass is 10.1. The molecule has 0 heterocycles.